The molecule has 1 heterocycles. The molecule has 1 aromatic rings. The highest BCUT2D eigenvalue weighted by molar-refractivity contribution is 7.11. The van der Waals surface area contributed by atoms with Crippen molar-refractivity contribution < 1.29 is 0 Å². The molecule has 1 N–H and O–H groups in total. The molecular weight excluding hydrogens is 180 g/mol. The lowest BCUT2D eigenvalue weighted by Crippen LogP contribution is -2.13. The number of nitrogens with one attached hydrogen (secondary N) is 1. The first-order chi connectivity index (χ1) is 6.36. The van der Waals surface area contributed by atoms with Crippen LogP contribution in [0, 0.1) is 0 Å². The molecule has 74 valence electrons. The molecule has 3 heteroatoms. The third-order valence-electron chi connectivity index (χ3n) is 1.93. The number of thiazole rings is 1. The van der Waals surface area contributed by atoms with Crippen LogP contribution in [0.4, 0.5) is 0 Å². The highest BCUT2D eigenvalue weighted by atomic mass is 32.1. The van der Waals surface area contributed by atoms with Crippen molar-refractivity contribution in [3.05, 3.63) is 16.1 Å². The van der Waals surface area contributed by atoms with Gasteiger partial charge < -0.3 is 5.32 Å². The summed E-state index contributed by atoms with van der Waals surface area (Å²) >= 11 is 1.82. The lowest BCUT2D eigenvalue weighted by molar-refractivity contribution is 0.639. The molecule has 0 aliphatic rings. The second kappa shape index (κ2) is 6.11. The van der Waals surface area contributed by atoms with Gasteiger partial charge in [-0.1, -0.05) is 20.3 Å². The zero-order chi connectivity index (χ0) is 9.52. The van der Waals surface area contributed by atoms with E-state index in [0.29, 0.717) is 0 Å². The van der Waals surface area contributed by atoms with Crippen molar-refractivity contribution in [1.29, 1.82) is 0 Å². The first kappa shape index (κ1) is 10.7. The fourth-order valence-corrected chi connectivity index (χ4v) is 1.92. The van der Waals surface area contributed by atoms with Gasteiger partial charge in [-0.15, -0.1) is 11.3 Å². The standard InChI is InChI=1S/C10H18N2S/c1-3-5-6-11-8-10-12-7-9(4-2)13-10/h7,11H,3-6,8H2,1-2H3. The van der Waals surface area contributed by atoms with E-state index in [1.54, 1.807) is 0 Å². The molecule has 0 atom stereocenters. The summed E-state index contributed by atoms with van der Waals surface area (Å²) in [6.07, 6.45) is 5.60. The summed E-state index contributed by atoms with van der Waals surface area (Å²) < 4.78 is 0. The molecule has 0 saturated heterocycles. The van der Waals surface area contributed by atoms with Gasteiger partial charge in [0.15, 0.2) is 0 Å². The van der Waals surface area contributed by atoms with E-state index < -0.39 is 0 Å². The Morgan fingerprint density at radius 3 is 2.92 bits per heavy atom. The van der Waals surface area contributed by atoms with E-state index in [1.807, 2.05) is 17.5 Å². The van der Waals surface area contributed by atoms with E-state index >= 15 is 0 Å². The first-order valence-electron chi connectivity index (χ1n) is 5.01. The highest BCUT2D eigenvalue weighted by Crippen LogP contribution is 2.12. The van der Waals surface area contributed by atoms with Crippen molar-refractivity contribution in [2.75, 3.05) is 6.54 Å². The number of rotatable bonds is 6. The fraction of sp³-hybridized carbons (Fsp3) is 0.700. The Morgan fingerprint density at radius 2 is 2.31 bits per heavy atom. The minimum absolute atomic E-state index is 0.935. The van der Waals surface area contributed by atoms with Crippen LogP contribution in [-0.4, -0.2) is 11.5 Å². The Bertz CT molecular complexity index is 233. The van der Waals surface area contributed by atoms with Crippen molar-refractivity contribution in [3.63, 3.8) is 0 Å². The molecule has 0 fully saturated rings. The number of unbranched alkanes of at least 4 members (excludes halogenated alkanes) is 1. The minimum Gasteiger partial charge on any atom is -0.310 e. The van der Waals surface area contributed by atoms with E-state index in [9.17, 15) is 0 Å². The Balaban J connectivity index is 2.20. The molecule has 2 nitrogen and oxygen atoms in total. The quantitative estimate of drug-likeness (QED) is 0.711. The Morgan fingerprint density at radius 1 is 1.46 bits per heavy atom. The molecule has 1 aromatic heterocycles. The number of aromatic nitrogens is 1. The lowest BCUT2D eigenvalue weighted by Gasteiger charge is -1.99. The minimum atomic E-state index is 0.935. The van der Waals surface area contributed by atoms with Crippen LogP contribution in [0.3, 0.4) is 0 Å². The SMILES string of the molecule is CCCCNCc1ncc(CC)s1. The van der Waals surface area contributed by atoms with Crippen LogP contribution in [-0.2, 0) is 13.0 Å². The zero-order valence-electron chi connectivity index (χ0n) is 8.47. The van der Waals surface area contributed by atoms with Gasteiger partial charge in [0.05, 0.1) is 0 Å². The molecular formula is C10H18N2S. The van der Waals surface area contributed by atoms with Crippen molar-refractivity contribution in [2.45, 2.75) is 39.7 Å². The number of hydrogen-bond donors (Lipinski definition) is 1. The predicted molar refractivity (Wildman–Crippen MR) is 58.1 cm³/mol. The van der Waals surface area contributed by atoms with E-state index in [4.69, 9.17) is 0 Å². The van der Waals surface area contributed by atoms with Gasteiger partial charge in [0.25, 0.3) is 0 Å². The van der Waals surface area contributed by atoms with Crippen LogP contribution >= 0.6 is 11.3 Å². The van der Waals surface area contributed by atoms with Gasteiger partial charge in [-0.05, 0) is 19.4 Å². The molecule has 1 rings (SSSR count). The van der Waals surface area contributed by atoms with Crippen molar-refractivity contribution in [2.24, 2.45) is 0 Å². The summed E-state index contributed by atoms with van der Waals surface area (Å²) in [6, 6.07) is 0. The second-order valence-corrected chi connectivity index (χ2v) is 4.30. The summed E-state index contributed by atoms with van der Waals surface area (Å²) in [6.45, 7) is 6.42. The van der Waals surface area contributed by atoms with Gasteiger partial charge in [-0.25, -0.2) is 4.98 Å². The van der Waals surface area contributed by atoms with Crippen LogP contribution in [0.1, 0.15) is 36.6 Å². The van der Waals surface area contributed by atoms with Crippen LogP contribution in [0.25, 0.3) is 0 Å². The topological polar surface area (TPSA) is 24.9 Å². The monoisotopic (exact) mass is 198 g/mol. The van der Waals surface area contributed by atoms with Gasteiger partial charge in [0.2, 0.25) is 0 Å². The molecule has 0 aliphatic heterocycles. The first-order valence-corrected chi connectivity index (χ1v) is 5.82. The third-order valence-corrected chi connectivity index (χ3v) is 3.07. The average molecular weight is 198 g/mol. The van der Waals surface area contributed by atoms with Crippen molar-refractivity contribution >= 4 is 11.3 Å². The number of hydrogen-bond acceptors (Lipinski definition) is 3. The molecule has 0 aromatic carbocycles. The van der Waals surface area contributed by atoms with E-state index in [-0.39, 0.29) is 0 Å². The van der Waals surface area contributed by atoms with Crippen LogP contribution in [0.2, 0.25) is 0 Å². The zero-order valence-corrected chi connectivity index (χ0v) is 9.28. The van der Waals surface area contributed by atoms with Crippen LogP contribution in [0.5, 0.6) is 0 Å². The number of aryl methyl sites for hydroxylation is 1. The second-order valence-electron chi connectivity index (χ2n) is 3.10. The maximum absolute atomic E-state index is 4.34. The average Bonchev–Trinajstić information content (AvgIpc) is 2.60. The Hall–Kier alpha value is -0.410. The highest BCUT2D eigenvalue weighted by Gasteiger charge is 1.98. The molecule has 13 heavy (non-hydrogen) atoms. The van der Waals surface area contributed by atoms with Gasteiger partial charge in [-0.2, -0.15) is 0 Å². The van der Waals surface area contributed by atoms with Gasteiger partial charge in [0, 0.05) is 17.6 Å². The van der Waals surface area contributed by atoms with Crippen LogP contribution in [0.15, 0.2) is 6.20 Å². The summed E-state index contributed by atoms with van der Waals surface area (Å²) in [4.78, 5) is 5.72. The maximum atomic E-state index is 4.34. The number of nitrogens with zero attached hydrogens (tertiary/aromatic N) is 1. The van der Waals surface area contributed by atoms with Gasteiger partial charge in [0.1, 0.15) is 5.01 Å². The molecule has 0 saturated carbocycles. The molecule has 0 aliphatic carbocycles. The summed E-state index contributed by atoms with van der Waals surface area (Å²) in [5, 5.41) is 4.60. The van der Waals surface area contributed by atoms with E-state index in [0.717, 1.165) is 19.5 Å². The smallest absolute Gasteiger partial charge is 0.107 e. The van der Waals surface area contributed by atoms with E-state index in [2.05, 4.69) is 24.1 Å². The summed E-state index contributed by atoms with van der Waals surface area (Å²) in [7, 11) is 0. The maximum Gasteiger partial charge on any atom is 0.107 e. The molecule has 0 spiro atoms. The fourth-order valence-electron chi connectivity index (χ4n) is 1.09. The van der Waals surface area contributed by atoms with E-state index in [1.165, 1.54) is 22.7 Å². The molecule has 0 unspecified atom stereocenters. The lowest BCUT2D eigenvalue weighted by atomic mass is 10.3. The van der Waals surface area contributed by atoms with Crippen molar-refractivity contribution in [1.82, 2.24) is 10.3 Å². The normalized spacial score (nSPS) is 10.6. The Labute approximate surface area is 84.4 Å². The predicted octanol–water partition coefficient (Wildman–Crippen LogP) is 2.60. The van der Waals surface area contributed by atoms with Gasteiger partial charge in [-0.3, -0.25) is 0 Å². The summed E-state index contributed by atoms with van der Waals surface area (Å²) in [5.74, 6) is 0. The molecule has 0 amide bonds. The summed E-state index contributed by atoms with van der Waals surface area (Å²) in [5.41, 5.74) is 0. The van der Waals surface area contributed by atoms with Crippen LogP contribution < -0.4 is 5.32 Å². The third kappa shape index (κ3) is 3.87. The van der Waals surface area contributed by atoms with Crippen molar-refractivity contribution in [3.8, 4) is 0 Å². The molecule has 0 radical (unpaired) electrons. The Kier molecular flexibility index (Phi) is 5.01. The van der Waals surface area contributed by atoms with Gasteiger partial charge >= 0.3 is 0 Å². The largest absolute Gasteiger partial charge is 0.310 e. The molecule has 0 bridgehead atoms.